The smallest absolute Gasteiger partial charge is 0.161 e. The molecule has 122 valence electrons. The Morgan fingerprint density at radius 1 is 1.00 bits per heavy atom. The monoisotopic (exact) mass is 332 g/mol. The van der Waals surface area contributed by atoms with Gasteiger partial charge in [0.2, 0.25) is 0 Å². The van der Waals surface area contributed by atoms with E-state index in [-0.39, 0.29) is 0 Å². The number of hydrogen-bond acceptors (Lipinski definition) is 3. The molecule has 0 atom stereocenters. The number of halogens is 1. The number of methoxy groups -OCH3 is 1. The Bertz CT molecular complexity index is 623. The lowest BCUT2D eigenvalue weighted by molar-refractivity contribution is 0.240. The minimum Gasteiger partial charge on any atom is -0.493 e. The second-order valence-electron chi connectivity index (χ2n) is 4.98. The average molecular weight is 333 g/mol. The van der Waals surface area contributed by atoms with Crippen LogP contribution in [0.15, 0.2) is 55.1 Å². The summed E-state index contributed by atoms with van der Waals surface area (Å²) in [4.78, 5) is 0. The molecule has 0 fully saturated rings. The van der Waals surface area contributed by atoms with Gasteiger partial charge in [-0.15, -0.1) is 6.58 Å². The van der Waals surface area contributed by atoms with Crippen molar-refractivity contribution >= 4 is 11.6 Å². The van der Waals surface area contributed by atoms with Gasteiger partial charge in [-0.25, -0.2) is 0 Å². The molecule has 23 heavy (non-hydrogen) atoms. The van der Waals surface area contributed by atoms with Gasteiger partial charge < -0.3 is 14.2 Å². The molecule has 4 heteroatoms. The van der Waals surface area contributed by atoms with Crippen LogP contribution in [-0.4, -0.2) is 20.3 Å². The topological polar surface area (TPSA) is 27.7 Å². The van der Waals surface area contributed by atoms with Gasteiger partial charge in [-0.05, 0) is 48.4 Å². The van der Waals surface area contributed by atoms with E-state index < -0.39 is 0 Å². The van der Waals surface area contributed by atoms with Crippen molar-refractivity contribution in [2.24, 2.45) is 0 Å². The van der Waals surface area contributed by atoms with Crippen molar-refractivity contribution in [3.8, 4) is 17.2 Å². The lowest BCUT2D eigenvalue weighted by Gasteiger charge is -2.12. The summed E-state index contributed by atoms with van der Waals surface area (Å²) in [6.07, 6.45) is 3.45. The minimum atomic E-state index is 0.560. The molecular formula is C19H21ClO3. The third-order valence-electron chi connectivity index (χ3n) is 3.24. The molecule has 0 aliphatic rings. The molecule has 0 saturated heterocycles. The highest BCUT2D eigenvalue weighted by Gasteiger charge is 2.05. The first-order valence-corrected chi connectivity index (χ1v) is 7.89. The summed E-state index contributed by atoms with van der Waals surface area (Å²) in [5.74, 6) is 2.29. The van der Waals surface area contributed by atoms with Gasteiger partial charge in [0.15, 0.2) is 11.5 Å². The van der Waals surface area contributed by atoms with Crippen LogP contribution in [0.3, 0.4) is 0 Å². The summed E-state index contributed by atoms with van der Waals surface area (Å²) in [5, 5.41) is 0.702. The molecular weight excluding hydrogens is 312 g/mol. The number of allylic oxidation sites excluding steroid dienone is 1. The van der Waals surface area contributed by atoms with E-state index in [4.69, 9.17) is 25.8 Å². The van der Waals surface area contributed by atoms with Crippen molar-refractivity contribution < 1.29 is 14.2 Å². The maximum absolute atomic E-state index is 5.83. The van der Waals surface area contributed by atoms with Crippen molar-refractivity contribution in [1.82, 2.24) is 0 Å². The van der Waals surface area contributed by atoms with E-state index in [1.54, 1.807) is 7.11 Å². The van der Waals surface area contributed by atoms with Crippen LogP contribution in [0, 0.1) is 0 Å². The van der Waals surface area contributed by atoms with Crippen molar-refractivity contribution in [2.45, 2.75) is 12.8 Å². The van der Waals surface area contributed by atoms with Crippen LogP contribution in [0.1, 0.15) is 12.0 Å². The molecule has 0 spiro atoms. The minimum absolute atomic E-state index is 0.560. The van der Waals surface area contributed by atoms with Gasteiger partial charge in [-0.2, -0.15) is 0 Å². The van der Waals surface area contributed by atoms with Crippen molar-refractivity contribution in [3.63, 3.8) is 0 Å². The van der Waals surface area contributed by atoms with Gasteiger partial charge in [-0.1, -0.05) is 23.7 Å². The summed E-state index contributed by atoms with van der Waals surface area (Å²) in [5.41, 5.74) is 1.15. The zero-order valence-corrected chi connectivity index (χ0v) is 14.0. The highest BCUT2D eigenvalue weighted by molar-refractivity contribution is 6.30. The SMILES string of the molecule is C=CCc1ccc(OCCCOc2ccc(Cl)cc2)c(OC)c1. The largest absolute Gasteiger partial charge is 0.493 e. The zero-order chi connectivity index (χ0) is 16.5. The second kappa shape index (κ2) is 9.11. The lowest BCUT2D eigenvalue weighted by atomic mass is 10.1. The van der Waals surface area contributed by atoms with Crippen molar-refractivity contribution in [1.29, 1.82) is 0 Å². The maximum atomic E-state index is 5.83. The molecule has 0 aliphatic carbocycles. The van der Waals surface area contributed by atoms with Gasteiger partial charge >= 0.3 is 0 Å². The zero-order valence-electron chi connectivity index (χ0n) is 13.3. The highest BCUT2D eigenvalue weighted by atomic mass is 35.5. The second-order valence-corrected chi connectivity index (χ2v) is 5.42. The average Bonchev–Trinajstić information content (AvgIpc) is 2.57. The molecule has 0 N–H and O–H groups in total. The third-order valence-corrected chi connectivity index (χ3v) is 3.49. The Hall–Kier alpha value is -2.13. The third kappa shape index (κ3) is 5.53. The van der Waals surface area contributed by atoms with E-state index in [0.29, 0.717) is 18.2 Å². The van der Waals surface area contributed by atoms with E-state index in [2.05, 4.69) is 6.58 Å². The Kier molecular flexibility index (Phi) is 6.82. The molecule has 0 aromatic heterocycles. The predicted octanol–water partition coefficient (Wildman–Crippen LogP) is 4.93. The molecule has 2 aromatic rings. The summed E-state index contributed by atoms with van der Waals surface area (Å²) in [7, 11) is 1.64. The first-order valence-electron chi connectivity index (χ1n) is 7.52. The molecule has 0 heterocycles. The van der Waals surface area contributed by atoms with Gasteiger partial charge in [0, 0.05) is 11.4 Å². The molecule has 0 bridgehead atoms. The van der Waals surface area contributed by atoms with Gasteiger partial charge in [0.05, 0.1) is 20.3 Å². The lowest BCUT2D eigenvalue weighted by Crippen LogP contribution is -2.05. The fraction of sp³-hybridized carbons (Fsp3) is 0.263. The van der Waals surface area contributed by atoms with Crippen LogP contribution in [0.5, 0.6) is 17.2 Å². The van der Waals surface area contributed by atoms with Crippen molar-refractivity contribution in [2.75, 3.05) is 20.3 Å². The van der Waals surface area contributed by atoms with Crippen LogP contribution in [0.4, 0.5) is 0 Å². The number of hydrogen-bond donors (Lipinski definition) is 0. The maximum Gasteiger partial charge on any atom is 0.161 e. The molecule has 0 aliphatic heterocycles. The Morgan fingerprint density at radius 3 is 2.43 bits per heavy atom. The fourth-order valence-corrected chi connectivity index (χ4v) is 2.21. The molecule has 0 amide bonds. The fourth-order valence-electron chi connectivity index (χ4n) is 2.09. The summed E-state index contributed by atoms with van der Waals surface area (Å²) < 4.78 is 16.8. The first kappa shape index (κ1) is 17.2. The van der Waals surface area contributed by atoms with E-state index >= 15 is 0 Å². The van der Waals surface area contributed by atoms with Crippen LogP contribution in [-0.2, 0) is 6.42 Å². The van der Waals surface area contributed by atoms with E-state index in [0.717, 1.165) is 35.7 Å². The molecule has 0 radical (unpaired) electrons. The quantitative estimate of drug-likeness (QED) is 0.481. The Balaban J connectivity index is 1.77. The van der Waals surface area contributed by atoms with E-state index in [1.807, 2.05) is 48.5 Å². The van der Waals surface area contributed by atoms with Crippen LogP contribution in [0.25, 0.3) is 0 Å². The molecule has 0 saturated carbocycles. The summed E-state index contributed by atoms with van der Waals surface area (Å²) in [6.45, 7) is 4.88. The molecule has 0 unspecified atom stereocenters. The Labute approximate surface area is 142 Å². The number of ether oxygens (including phenoxy) is 3. The first-order chi connectivity index (χ1) is 11.2. The van der Waals surface area contributed by atoms with Gasteiger partial charge in [-0.3, -0.25) is 0 Å². The van der Waals surface area contributed by atoms with Crippen molar-refractivity contribution in [3.05, 3.63) is 65.7 Å². The normalized spacial score (nSPS) is 10.2. The van der Waals surface area contributed by atoms with Crippen LogP contribution >= 0.6 is 11.6 Å². The summed E-state index contributed by atoms with van der Waals surface area (Å²) in [6, 6.07) is 13.2. The van der Waals surface area contributed by atoms with E-state index in [9.17, 15) is 0 Å². The van der Waals surface area contributed by atoms with Gasteiger partial charge in [0.1, 0.15) is 5.75 Å². The molecule has 2 aromatic carbocycles. The molecule has 2 rings (SSSR count). The number of benzene rings is 2. The Morgan fingerprint density at radius 2 is 1.74 bits per heavy atom. The number of rotatable bonds is 9. The summed E-state index contributed by atoms with van der Waals surface area (Å²) >= 11 is 5.83. The van der Waals surface area contributed by atoms with E-state index in [1.165, 1.54) is 0 Å². The predicted molar refractivity (Wildman–Crippen MR) is 94.0 cm³/mol. The van der Waals surface area contributed by atoms with Crippen LogP contribution in [0.2, 0.25) is 5.02 Å². The van der Waals surface area contributed by atoms with Crippen LogP contribution < -0.4 is 14.2 Å². The van der Waals surface area contributed by atoms with Gasteiger partial charge in [0.25, 0.3) is 0 Å². The standard InChI is InChI=1S/C19H21ClO3/c1-3-5-15-6-11-18(19(14-15)21-2)23-13-4-12-22-17-9-7-16(20)8-10-17/h3,6-11,14H,1,4-5,12-13H2,2H3. The highest BCUT2D eigenvalue weighted by Crippen LogP contribution is 2.28. The molecule has 3 nitrogen and oxygen atoms in total.